The van der Waals surface area contributed by atoms with E-state index in [-0.39, 0.29) is 6.54 Å². The molecule has 0 aliphatic carbocycles. The second kappa shape index (κ2) is 4.72. The van der Waals surface area contributed by atoms with Gasteiger partial charge in [0.15, 0.2) is 0 Å². The number of carboxylic acids is 1. The number of alkyl halides is 1. The molecule has 0 heterocycles. The summed E-state index contributed by atoms with van der Waals surface area (Å²) in [4.78, 5) is 11.0. The third kappa shape index (κ3) is 2.18. The zero-order valence-corrected chi connectivity index (χ0v) is 9.50. The molecule has 0 aliphatic rings. The van der Waals surface area contributed by atoms with Gasteiger partial charge in [0, 0.05) is 11.0 Å². The Hall–Kier alpha value is -0.940. The highest BCUT2D eigenvalue weighted by Crippen LogP contribution is 2.25. The molecule has 5 heteroatoms. The maximum atomic E-state index is 12.9. The lowest BCUT2D eigenvalue weighted by molar-refractivity contribution is -0.144. The van der Waals surface area contributed by atoms with E-state index in [1.807, 2.05) is 0 Å². The highest BCUT2D eigenvalue weighted by atomic mass is 79.9. The van der Waals surface area contributed by atoms with Crippen LogP contribution in [0.1, 0.15) is 5.56 Å². The van der Waals surface area contributed by atoms with E-state index >= 15 is 0 Å². The lowest BCUT2D eigenvalue weighted by atomic mass is 9.82. The van der Waals surface area contributed by atoms with Gasteiger partial charge in [-0.2, -0.15) is 0 Å². The summed E-state index contributed by atoms with van der Waals surface area (Å²) in [5.74, 6) is -1.24. The Labute approximate surface area is 95.2 Å². The zero-order valence-electron chi connectivity index (χ0n) is 7.91. The summed E-state index contributed by atoms with van der Waals surface area (Å²) in [6.07, 6.45) is 0. The monoisotopic (exact) mass is 275 g/mol. The molecular formula is C10H11BrFNO2. The van der Waals surface area contributed by atoms with Crippen LogP contribution < -0.4 is 5.73 Å². The Balaban J connectivity index is 3.20. The Morgan fingerprint density at radius 3 is 2.33 bits per heavy atom. The van der Waals surface area contributed by atoms with Crippen LogP contribution in [0.25, 0.3) is 0 Å². The minimum Gasteiger partial charge on any atom is -0.480 e. The molecule has 0 aromatic heterocycles. The van der Waals surface area contributed by atoms with Crippen molar-refractivity contribution >= 4 is 21.9 Å². The summed E-state index contributed by atoms with van der Waals surface area (Å²) in [7, 11) is 0. The van der Waals surface area contributed by atoms with E-state index in [0.29, 0.717) is 5.56 Å². The highest BCUT2D eigenvalue weighted by Gasteiger charge is 2.39. The number of benzene rings is 1. The Bertz CT molecular complexity index is 349. The largest absolute Gasteiger partial charge is 0.480 e. The molecule has 1 aromatic rings. The van der Waals surface area contributed by atoms with Gasteiger partial charge < -0.3 is 10.8 Å². The predicted molar refractivity (Wildman–Crippen MR) is 58.5 cm³/mol. The smallest absolute Gasteiger partial charge is 0.318 e. The van der Waals surface area contributed by atoms with Crippen molar-refractivity contribution in [2.75, 3.05) is 13.2 Å². The minimum absolute atomic E-state index is 0.263. The molecule has 0 fully saturated rings. The predicted octanol–water partition coefficient (Wildman–Crippen LogP) is 1.70. The van der Waals surface area contributed by atoms with Gasteiger partial charge in [-0.25, -0.2) is 4.39 Å². The quantitative estimate of drug-likeness (QED) is 0.879. The lowest BCUT2D eigenvalue weighted by Crippen LogP contribution is -2.45. The second-order valence-corrected chi connectivity index (χ2v) is 4.15. The zero-order chi connectivity index (χ0) is 11.5. The highest BCUT2D eigenvalue weighted by molar-refractivity contribution is 9.10. The number of halogens is 2. The van der Waals surface area contributed by atoms with Gasteiger partial charge in [0.1, 0.15) is 12.1 Å². The molecule has 0 aliphatic heterocycles. The van der Waals surface area contributed by atoms with Crippen LogP contribution in [-0.4, -0.2) is 24.3 Å². The summed E-state index contributed by atoms with van der Waals surface area (Å²) in [6, 6.07) is 6.45. The molecule has 82 valence electrons. The van der Waals surface area contributed by atoms with Gasteiger partial charge in [0.2, 0.25) is 0 Å². The first-order valence-corrected chi connectivity index (χ1v) is 5.11. The van der Waals surface area contributed by atoms with Gasteiger partial charge in [-0.1, -0.05) is 28.1 Å². The Kier molecular flexibility index (Phi) is 3.82. The van der Waals surface area contributed by atoms with Gasteiger partial charge >= 0.3 is 5.97 Å². The average molecular weight is 276 g/mol. The lowest BCUT2D eigenvalue weighted by Gasteiger charge is -2.24. The summed E-state index contributed by atoms with van der Waals surface area (Å²) >= 11 is 3.22. The van der Waals surface area contributed by atoms with Crippen LogP contribution in [0.5, 0.6) is 0 Å². The number of carbonyl (C=O) groups is 1. The number of carboxylic acid groups (broad SMARTS) is 1. The maximum Gasteiger partial charge on any atom is 0.318 e. The molecule has 15 heavy (non-hydrogen) atoms. The summed E-state index contributed by atoms with van der Waals surface area (Å²) in [5, 5.41) is 9.01. The third-order valence-electron chi connectivity index (χ3n) is 2.38. The molecule has 1 rings (SSSR count). The van der Waals surface area contributed by atoms with Crippen molar-refractivity contribution in [3.8, 4) is 0 Å². The van der Waals surface area contributed by atoms with Crippen molar-refractivity contribution in [3.63, 3.8) is 0 Å². The van der Waals surface area contributed by atoms with Crippen molar-refractivity contribution in [2.45, 2.75) is 5.41 Å². The third-order valence-corrected chi connectivity index (χ3v) is 2.91. The van der Waals surface area contributed by atoms with E-state index in [4.69, 9.17) is 10.8 Å². The topological polar surface area (TPSA) is 63.3 Å². The van der Waals surface area contributed by atoms with Crippen LogP contribution >= 0.6 is 15.9 Å². The van der Waals surface area contributed by atoms with Crippen molar-refractivity contribution in [2.24, 2.45) is 5.73 Å². The van der Waals surface area contributed by atoms with Gasteiger partial charge in [0.05, 0.1) is 0 Å². The number of nitrogens with two attached hydrogens (primary N) is 1. The molecule has 0 saturated carbocycles. The normalized spacial score (nSPS) is 14.6. The first-order valence-electron chi connectivity index (χ1n) is 4.32. The first-order chi connectivity index (χ1) is 7.06. The molecule has 1 aromatic carbocycles. The fourth-order valence-corrected chi connectivity index (χ4v) is 1.55. The van der Waals surface area contributed by atoms with E-state index in [9.17, 15) is 9.18 Å². The second-order valence-electron chi connectivity index (χ2n) is 3.23. The number of hydrogen-bond donors (Lipinski definition) is 2. The molecular weight excluding hydrogens is 265 g/mol. The summed E-state index contributed by atoms with van der Waals surface area (Å²) in [6.45, 7) is -1.28. The van der Waals surface area contributed by atoms with E-state index in [2.05, 4.69) is 15.9 Å². The number of aliphatic carboxylic acids is 1. The average Bonchev–Trinajstić information content (AvgIpc) is 2.22. The van der Waals surface area contributed by atoms with Crippen LogP contribution in [0.4, 0.5) is 4.39 Å². The summed E-state index contributed by atoms with van der Waals surface area (Å²) in [5.41, 5.74) is 4.11. The van der Waals surface area contributed by atoms with Crippen LogP contribution in [-0.2, 0) is 10.2 Å². The Morgan fingerprint density at radius 2 is 2.00 bits per heavy atom. The SMILES string of the molecule is NCC(CF)(C(=O)O)c1ccc(Br)cc1. The molecule has 3 nitrogen and oxygen atoms in total. The molecule has 0 spiro atoms. The summed E-state index contributed by atoms with van der Waals surface area (Å²) < 4.78 is 13.7. The van der Waals surface area contributed by atoms with E-state index < -0.39 is 18.1 Å². The number of rotatable bonds is 4. The molecule has 3 N–H and O–H groups in total. The van der Waals surface area contributed by atoms with Gasteiger partial charge in [-0.05, 0) is 17.7 Å². The molecule has 0 radical (unpaired) electrons. The maximum absolute atomic E-state index is 12.9. The molecule has 0 saturated heterocycles. The van der Waals surface area contributed by atoms with Crippen molar-refractivity contribution in [1.82, 2.24) is 0 Å². The molecule has 1 atom stereocenters. The number of hydrogen-bond acceptors (Lipinski definition) is 2. The van der Waals surface area contributed by atoms with Crippen LogP contribution in [0.2, 0.25) is 0 Å². The van der Waals surface area contributed by atoms with Crippen molar-refractivity contribution in [3.05, 3.63) is 34.3 Å². The van der Waals surface area contributed by atoms with Gasteiger partial charge in [-0.3, -0.25) is 4.79 Å². The Morgan fingerprint density at radius 1 is 1.47 bits per heavy atom. The fourth-order valence-electron chi connectivity index (χ4n) is 1.29. The molecule has 1 unspecified atom stereocenters. The van der Waals surface area contributed by atoms with E-state index in [1.54, 1.807) is 24.3 Å². The van der Waals surface area contributed by atoms with Gasteiger partial charge in [0.25, 0.3) is 0 Å². The van der Waals surface area contributed by atoms with E-state index in [1.165, 1.54) is 0 Å². The van der Waals surface area contributed by atoms with E-state index in [0.717, 1.165) is 4.47 Å². The molecule has 0 bridgehead atoms. The van der Waals surface area contributed by atoms with Crippen LogP contribution in [0, 0.1) is 0 Å². The fraction of sp³-hybridized carbons (Fsp3) is 0.300. The van der Waals surface area contributed by atoms with Crippen LogP contribution in [0.15, 0.2) is 28.7 Å². The van der Waals surface area contributed by atoms with Crippen LogP contribution in [0.3, 0.4) is 0 Å². The molecule has 0 amide bonds. The van der Waals surface area contributed by atoms with Crippen molar-refractivity contribution in [1.29, 1.82) is 0 Å². The first kappa shape index (κ1) is 12.1. The van der Waals surface area contributed by atoms with Crippen molar-refractivity contribution < 1.29 is 14.3 Å². The standard InChI is InChI=1S/C10H11BrFNO2/c11-8-3-1-7(2-4-8)10(5-12,6-13)9(14)15/h1-4H,5-6,13H2,(H,14,15). The minimum atomic E-state index is -1.62. The van der Waals surface area contributed by atoms with Gasteiger partial charge in [-0.15, -0.1) is 0 Å².